The van der Waals surface area contributed by atoms with Gasteiger partial charge < -0.3 is 19.0 Å². The van der Waals surface area contributed by atoms with Crippen LogP contribution in [0.15, 0.2) is 53.1 Å². The van der Waals surface area contributed by atoms with E-state index in [-0.39, 0.29) is 18.1 Å². The van der Waals surface area contributed by atoms with E-state index in [4.69, 9.17) is 9.15 Å². The fourth-order valence-electron chi connectivity index (χ4n) is 3.55. The van der Waals surface area contributed by atoms with Crippen molar-refractivity contribution < 1.29 is 18.3 Å². The molecule has 0 unspecified atom stereocenters. The minimum absolute atomic E-state index is 0.0293. The van der Waals surface area contributed by atoms with Crippen molar-refractivity contribution in [2.24, 2.45) is 0 Å². The van der Waals surface area contributed by atoms with Gasteiger partial charge in [-0.25, -0.2) is 4.39 Å². The van der Waals surface area contributed by atoms with Gasteiger partial charge in [0.1, 0.15) is 17.1 Å². The van der Waals surface area contributed by atoms with Crippen molar-refractivity contribution in [1.82, 2.24) is 4.90 Å². The number of fused-ring (bicyclic) bond motifs is 1. The molecule has 3 aromatic rings. The average molecular weight is 368 g/mol. The minimum Gasteiger partial charge on any atom is -0.495 e. The first kappa shape index (κ1) is 17.4. The third-order valence-electron chi connectivity index (χ3n) is 5.02. The van der Waals surface area contributed by atoms with E-state index >= 15 is 0 Å². The lowest BCUT2D eigenvalue weighted by molar-refractivity contribution is -0.130. The second-order valence-electron chi connectivity index (χ2n) is 6.62. The van der Waals surface area contributed by atoms with Crippen LogP contribution in [0.2, 0.25) is 0 Å². The highest BCUT2D eigenvalue weighted by molar-refractivity contribution is 5.87. The van der Waals surface area contributed by atoms with E-state index < -0.39 is 0 Å². The number of benzene rings is 2. The number of hydrogen-bond acceptors (Lipinski definition) is 4. The van der Waals surface area contributed by atoms with E-state index in [1.807, 2.05) is 29.2 Å². The molecule has 1 fully saturated rings. The molecule has 0 spiro atoms. The number of para-hydroxylation sites is 2. The Labute approximate surface area is 156 Å². The summed E-state index contributed by atoms with van der Waals surface area (Å²) in [5, 5.41) is 0.663. The lowest BCUT2D eigenvalue weighted by atomic mass is 10.1. The highest BCUT2D eigenvalue weighted by atomic mass is 19.1. The number of methoxy groups -OCH3 is 1. The largest absolute Gasteiger partial charge is 0.495 e. The predicted octanol–water partition coefficient (Wildman–Crippen LogP) is 3.47. The van der Waals surface area contributed by atoms with Crippen LogP contribution in [-0.2, 0) is 11.2 Å². The molecule has 27 heavy (non-hydrogen) atoms. The van der Waals surface area contributed by atoms with Crippen LogP contribution < -0.4 is 9.64 Å². The molecule has 0 radical (unpaired) electrons. The van der Waals surface area contributed by atoms with Crippen molar-refractivity contribution in [3.05, 3.63) is 60.1 Å². The Bertz CT molecular complexity index is 961. The molecule has 0 N–H and O–H groups in total. The highest BCUT2D eigenvalue weighted by Crippen LogP contribution is 2.28. The van der Waals surface area contributed by atoms with Gasteiger partial charge in [0.25, 0.3) is 0 Å². The zero-order chi connectivity index (χ0) is 18.8. The normalized spacial score (nSPS) is 14.6. The lowest BCUT2D eigenvalue weighted by Gasteiger charge is -2.36. The van der Waals surface area contributed by atoms with Gasteiger partial charge >= 0.3 is 0 Å². The van der Waals surface area contributed by atoms with Crippen LogP contribution in [0.4, 0.5) is 10.1 Å². The molecule has 1 amide bonds. The van der Waals surface area contributed by atoms with Crippen molar-refractivity contribution in [2.75, 3.05) is 38.2 Å². The Morgan fingerprint density at radius 3 is 2.70 bits per heavy atom. The summed E-state index contributed by atoms with van der Waals surface area (Å²) in [7, 11) is 1.66. The zero-order valence-electron chi connectivity index (χ0n) is 15.2. The number of halogens is 1. The minimum atomic E-state index is -0.331. The monoisotopic (exact) mass is 368 g/mol. The van der Waals surface area contributed by atoms with Crippen LogP contribution in [0.1, 0.15) is 5.56 Å². The van der Waals surface area contributed by atoms with E-state index in [2.05, 4.69) is 4.90 Å². The van der Waals surface area contributed by atoms with Crippen molar-refractivity contribution in [1.29, 1.82) is 0 Å². The van der Waals surface area contributed by atoms with Gasteiger partial charge in [-0.2, -0.15) is 0 Å². The molecule has 0 saturated carbocycles. The first-order valence-corrected chi connectivity index (χ1v) is 8.97. The molecular formula is C21H21FN2O3. The summed E-state index contributed by atoms with van der Waals surface area (Å²) in [5.74, 6) is 0.536. The maximum Gasteiger partial charge on any atom is 0.227 e. The molecular weight excluding hydrogens is 347 g/mol. The standard InChI is InChI=1S/C21H21FN2O3/c1-26-20-5-3-2-4-18(20)23-8-10-24(11-9-23)21(25)12-15-14-27-19-7-6-16(22)13-17(15)19/h2-7,13-14H,8-12H2,1H3. The lowest BCUT2D eigenvalue weighted by Crippen LogP contribution is -2.49. The van der Waals surface area contributed by atoms with Crippen LogP contribution in [0, 0.1) is 5.82 Å². The summed E-state index contributed by atoms with van der Waals surface area (Å²) in [4.78, 5) is 16.8. The molecule has 2 heterocycles. The van der Waals surface area contributed by atoms with Gasteiger partial charge in [-0.15, -0.1) is 0 Å². The molecule has 1 saturated heterocycles. The molecule has 1 aliphatic rings. The molecule has 2 aromatic carbocycles. The Morgan fingerprint density at radius 1 is 1.15 bits per heavy atom. The van der Waals surface area contributed by atoms with E-state index in [1.54, 1.807) is 19.4 Å². The van der Waals surface area contributed by atoms with E-state index in [0.29, 0.717) is 24.1 Å². The number of anilines is 1. The molecule has 5 nitrogen and oxygen atoms in total. The Balaban J connectivity index is 1.42. The van der Waals surface area contributed by atoms with Gasteiger partial charge in [0, 0.05) is 37.1 Å². The highest BCUT2D eigenvalue weighted by Gasteiger charge is 2.23. The summed E-state index contributed by atoms with van der Waals surface area (Å²) in [6.45, 7) is 2.77. The molecule has 4 rings (SSSR count). The number of piperazine rings is 1. The molecule has 1 aromatic heterocycles. The van der Waals surface area contributed by atoms with Crippen LogP contribution in [0.3, 0.4) is 0 Å². The summed E-state index contributed by atoms with van der Waals surface area (Å²) >= 11 is 0. The maximum atomic E-state index is 13.5. The van der Waals surface area contributed by atoms with Gasteiger partial charge in [-0.3, -0.25) is 4.79 Å². The fraction of sp³-hybridized carbons (Fsp3) is 0.286. The van der Waals surface area contributed by atoms with Crippen LogP contribution in [0.25, 0.3) is 11.0 Å². The van der Waals surface area contributed by atoms with Crippen molar-refractivity contribution in [3.63, 3.8) is 0 Å². The van der Waals surface area contributed by atoms with Crippen LogP contribution >= 0.6 is 0 Å². The SMILES string of the molecule is COc1ccccc1N1CCN(C(=O)Cc2coc3ccc(F)cc23)CC1. The van der Waals surface area contributed by atoms with E-state index in [1.165, 1.54) is 12.1 Å². The van der Waals surface area contributed by atoms with Crippen LogP contribution in [0.5, 0.6) is 5.75 Å². The van der Waals surface area contributed by atoms with E-state index in [9.17, 15) is 9.18 Å². The Morgan fingerprint density at radius 2 is 1.93 bits per heavy atom. The first-order chi connectivity index (χ1) is 13.2. The first-order valence-electron chi connectivity index (χ1n) is 8.97. The van der Waals surface area contributed by atoms with Gasteiger partial charge in [0.2, 0.25) is 5.91 Å². The van der Waals surface area contributed by atoms with Gasteiger partial charge in [-0.1, -0.05) is 12.1 Å². The third kappa shape index (κ3) is 3.47. The molecule has 0 atom stereocenters. The molecule has 0 bridgehead atoms. The fourth-order valence-corrected chi connectivity index (χ4v) is 3.55. The summed E-state index contributed by atoms with van der Waals surface area (Å²) < 4.78 is 24.4. The van der Waals surface area contributed by atoms with Gasteiger partial charge in [0.05, 0.1) is 25.5 Å². The second kappa shape index (κ2) is 7.31. The third-order valence-corrected chi connectivity index (χ3v) is 5.02. The predicted molar refractivity (Wildman–Crippen MR) is 102 cm³/mol. The summed E-state index contributed by atoms with van der Waals surface area (Å²) in [6, 6.07) is 12.3. The summed E-state index contributed by atoms with van der Waals surface area (Å²) in [6.07, 6.45) is 1.76. The number of carbonyl (C=O) groups excluding carboxylic acids is 1. The number of ether oxygens (including phenoxy) is 1. The second-order valence-corrected chi connectivity index (χ2v) is 6.62. The quantitative estimate of drug-likeness (QED) is 0.707. The molecule has 1 aliphatic heterocycles. The number of amides is 1. The topological polar surface area (TPSA) is 45.9 Å². The van der Waals surface area contributed by atoms with Crippen molar-refractivity contribution in [2.45, 2.75) is 6.42 Å². The smallest absolute Gasteiger partial charge is 0.227 e. The number of nitrogens with zero attached hydrogens (tertiary/aromatic N) is 2. The van der Waals surface area contributed by atoms with Crippen molar-refractivity contribution >= 4 is 22.6 Å². The number of carbonyl (C=O) groups is 1. The Hall–Kier alpha value is -3.02. The molecule has 0 aliphatic carbocycles. The zero-order valence-corrected chi connectivity index (χ0v) is 15.2. The number of rotatable bonds is 4. The Kier molecular flexibility index (Phi) is 4.71. The maximum absolute atomic E-state index is 13.5. The van der Waals surface area contributed by atoms with Crippen LogP contribution in [-0.4, -0.2) is 44.1 Å². The number of hydrogen-bond donors (Lipinski definition) is 0. The van der Waals surface area contributed by atoms with E-state index in [0.717, 1.165) is 30.1 Å². The average Bonchev–Trinajstić information content (AvgIpc) is 3.10. The number of furan rings is 1. The van der Waals surface area contributed by atoms with Gasteiger partial charge in [-0.05, 0) is 30.3 Å². The molecule has 6 heteroatoms. The molecule has 140 valence electrons. The van der Waals surface area contributed by atoms with Gasteiger partial charge in [0.15, 0.2) is 0 Å². The summed E-state index contributed by atoms with van der Waals surface area (Å²) in [5.41, 5.74) is 2.37. The van der Waals surface area contributed by atoms with Crippen molar-refractivity contribution in [3.8, 4) is 5.75 Å².